The Kier molecular flexibility index (Phi) is 7.04. The average Bonchev–Trinajstić information content (AvgIpc) is 3.28. The van der Waals surface area contributed by atoms with Crippen LogP contribution in [0.3, 0.4) is 0 Å². The van der Waals surface area contributed by atoms with E-state index in [2.05, 4.69) is 29.4 Å². The van der Waals surface area contributed by atoms with Gasteiger partial charge in [0, 0.05) is 17.1 Å². The Morgan fingerprint density at radius 1 is 1.29 bits per heavy atom. The number of rotatable bonds is 8. The minimum absolute atomic E-state index is 0.105. The van der Waals surface area contributed by atoms with Crippen molar-refractivity contribution in [2.75, 3.05) is 5.75 Å². The summed E-state index contributed by atoms with van der Waals surface area (Å²) >= 11 is 13.7. The van der Waals surface area contributed by atoms with Crippen molar-refractivity contribution in [2.24, 2.45) is 5.92 Å². The molecule has 0 radical (unpaired) electrons. The van der Waals surface area contributed by atoms with Crippen LogP contribution in [0.15, 0.2) is 46.2 Å². The van der Waals surface area contributed by atoms with Gasteiger partial charge >= 0.3 is 0 Å². The Bertz CT molecular complexity index is 942. The molecule has 3 aromatic rings. The van der Waals surface area contributed by atoms with E-state index >= 15 is 0 Å². The second kappa shape index (κ2) is 9.49. The smallest absolute Gasteiger partial charge is 0.230 e. The summed E-state index contributed by atoms with van der Waals surface area (Å²) in [5.41, 5.74) is 0.758. The second-order valence-corrected chi connectivity index (χ2v) is 8.37. The van der Waals surface area contributed by atoms with Gasteiger partial charge in [-0.3, -0.25) is 4.79 Å². The van der Waals surface area contributed by atoms with Gasteiger partial charge in [-0.25, -0.2) is 0 Å². The molecule has 0 saturated carbocycles. The minimum atomic E-state index is -0.105. The van der Waals surface area contributed by atoms with Gasteiger partial charge in [0.25, 0.3) is 0 Å². The van der Waals surface area contributed by atoms with Crippen LogP contribution < -0.4 is 5.32 Å². The third kappa shape index (κ3) is 5.31. The van der Waals surface area contributed by atoms with Crippen LogP contribution in [0, 0.1) is 5.92 Å². The first kappa shape index (κ1) is 20.8. The molecular formula is C19H20Cl2N4O2S. The lowest BCUT2D eigenvalue weighted by Gasteiger charge is -2.13. The quantitative estimate of drug-likeness (QED) is 0.505. The molecule has 1 N–H and O–H groups in total. The van der Waals surface area contributed by atoms with Gasteiger partial charge in [-0.15, -0.1) is 10.2 Å². The van der Waals surface area contributed by atoms with Crippen LogP contribution in [0.25, 0.3) is 11.4 Å². The van der Waals surface area contributed by atoms with E-state index < -0.39 is 0 Å². The lowest BCUT2D eigenvalue weighted by molar-refractivity contribution is -0.118. The molecule has 3 rings (SSSR count). The van der Waals surface area contributed by atoms with Crippen molar-refractivity contribution in [3.05, 3.63) is 52.4 Å². The van der Waals surface area contributed by atoms with E-state index in [4.69, 9.17) is 27.6 Å². The molecule has 148 valence electrons. The summed E-state index contributed by atoms with van der Waals surface area (Å²) in [6, 6.07) is 8.88. The van der Waals surface area contributed by atoms with Gasteiger partial charge in [0.15, 0.2) is 11.0 Å². The number of carbonyl (C=O) groups excluding carboxylic acids is 1. The highest BCUT2D eigenvalue weighted by molar-refractivity contribution is 7.99. The Labute approximate surface area is 177 Å². The molecule has 0 fully saturated rings. The van der Waals surface area contributed by atoms with E-state index in [9.17, 15) is 4.79 Å². The predicted molar refractivity (Wildman–Crippen MR) is 112 cm³/mol. The first-order valence-electron chi connectivity index (χ1n) is 8.74. The van der Waals surface area contributed by atoms with Crippen molar-refractivity contribution in [3.63, 3.8) is 0 Å². The first-order chi connectivity index (χ1) is 13.4. The molecule has 1 amide bonds. The number of thioether (sulfide) groups is 1. The average molecular weight is 439 g/mol. The normalized spacial score (nSPS) is 11.2. The van der Waals surface area contributed by atoms with Gasteiger partial charge in [-0.05, 0) is 36.2 Å². The molecule has 0 saturated heterocycles. The monoisotopic (exact) mass is 438 g/mol. The van der Waals surface area contributed by atoms with E-state index in [1.807, 2.05) is 16.7 Å². The van der Waals surface area contributed by atoms with Crippen LogP contribution in [0.5, 0.6) is 0 Å². The largest absolute Gasteiger partial charge is 0.467 e. The fourth-order valence-electron chi connectivity index (χ4n) is 2.58. The highest BCUT2D eigenvalue weighted by atomic mass is 35.5. The number of aromatic nitrogens is 3. The van der Waals surface area contributed by atoms with Gasteiger partial charge in [0.2, 0.25) is 5.91 Å². The van der Waals surface area contributed by atoms with Crippen LogP contribution in [-0.2, 0) is 17.9 Å². The molecule has 9 heteroatoms. The van der Waals surface area contributed by atoms with Crippen LogP contribution in [0.1, 0.15) is 19.6 Å². The maximum Gasteiger partial charge on any atom is 0.230 e. The van der Waals surface area contributed by atoms with Crippen LogP contribution in [0.2, 0.25) is 10.0 Å². The maximum atomic E-state index is 12.1. The molecule has 0 aliphatic carbocycles. The number of amides is 1. The first-order valence-corrected chi connectivity index (χ1v) is 10.5. The number of benzene rings is 1. The molecule has 0 aliphatic rings. The summed E-state index contributed by atoms with van der Waals surface area (Å²) in [4.78, 5) is 12.1. The maximum absolute atomic E-state index is 12.1. The van der Waals surface area contributed by atoms with Crippen molar-refractivity contribution < 1.29 is 9.21 Å². The molecule has 28 heavy (non-hydrogen) atoms. The van der Waals surface area contributed by atoms with E-state index in [-0.39, 0.29) is 11.7 Å². The SMILES string of the molecule is CC(C)Cn1c(SCC(=O)NCc2ccco2)nnc1-c1ccc(Cl)cc1Cl. The molecular weight excluding hydrogens is 419 g/mol. The summed E-state index contributed by atoms with van der Waals surface area (Å²) in [5, 5.41) is 13.2. The molecule has 0 aliphatic heterocycles. The van der Waals surface area contributed by atoms with Crippen molar-refractivity contribution in [1.82, 2.24) is 20.1 Å². The number of hydrogen-bond donors (Lipinski definition) is 1. The lowest BCUT2D eigenvalue weighted by atomic mass is 10.2. The van der Waals surface area contributed by atoms with Gasteiger partial charge in [-0.2, -0.15) is 0 Å². The predicted octanol–water partition coefficient (Wildman–Crippen LogP) is 4.91. The van der Waals surface area contributed by atoms with Crippen LogP contribution >= 0.6 is 35.0 Å². The topological polar surface area (TPSA) is 73.0 Å². The summed E-state index contributed by atoms with van der Waals surface area (Å²) in [7, 11) is 0. The fourth-order valence-corrected chi connectivity index (χ4v) is 3.85. The Hall–Kier alpha value is -1.96. The second-order valence-electron chi connectivity index (χ2n) is 6.58. The summed E-state index contributed by atoms with van der Waals surface area (Å²) < 4.78 is 7.20. The molecule has 2 aromatic heterocycles. The van der Waals surface area contributed by atoms with E-state index in [0.29, 0.717) is 45.8 Å². The Balaban J connectivity index is 1.73. The number of halogens is 2. The fraction of sp³-hybridized carbons (Fsp3) is 0.316. The summed E-state index contributed by atoms with van der Waals surface area (Å²) in [5.74, 6) is 1.86. The van der Waals surface area contributed by atoms with E-state index in [0.717, 1.165) is 5.56 Å². The van der Waals surface area contributed by atoms with E-state index in [1.54, 1.807) is 24.5 Å². The number of nitrogens with zero attached hydrogens (tertiary/aromatic N) is 3. The molecule has 0 atom stereocenters. The molecule has 0 spiro atoms. The Morgan fingerprint density at radius 2 is 2.11 bits per heavy atom. The molecule has 2 heterocycles. The van der Waals surface area contributed by atoms with Crippen LogP contribution in [-0.4, -0.2) is 26.4 Å². The molecule has 1 aromatic carbocycles. The van der Waals surface area contributed by atoms with Crippen molar-refractivity contribution in [3.8, 4) is 11.4 Å². The highest BCUT2D eigenvalue weighted by Gasteiger charge is 2.18. The highest BCUT2D eigenvalue weighted by Crippen LogP contribution is 2.32. The van der Waals surface area contributed by atoms with Gasteiger partial charge in [0.1, 0.15) is 5.76 Å². The number of hydrogen-bond acceptors (Lipinski definition) is 5. The molecule has 0 bridgehead atoms. The zero-order valence-corrected chi connectivity index (χ0v) is 17.8. The zero-order valence-electron chi connectivity index (χ0n) is 15.5. The number of nitrogens with one attached hydrogen (secondary N) is 1. The lowest BCUT2D eigenvalue weighted by Crippen LogP contribution is -2.24. The van der Waals surface area contributed by atoms with E-state index in [1.165, 1.54) is 11.8 Å². The third-order valence-electron chi connectivity index (χ3n) is 3.81. The summed E-state index contributed by atoms with van der Waals surface area (Å²) in [6.45, 7) is 5.28. The summed E-state index contributed by atoms with van der Waals surface area (Å²) in [6.07, 6.45) is 1.58. The number of furan rings is 1. The van der Waals surface area contributed by atoms with Gasteiger partial charge < -0.3 is 14.3 Å². The van der Waals surface area contributed by atoms with Crippen molar-refractivity contribution >= 4 is 40.9 Å². The van der Waals surface area contributed by atoms with Gasteiger partial charge in [0.05, 0.1) is 23.6 Å². The minimum Gasteiger partial charge on any atom is -0.467 e. The van der Waals surface area contributed by atoms with Crippen LogP contribution in [0.4, 0.5) is 0 Å². The zero-order chi connectivity index (χ0) is 20.1. The Morgan fingerprint density at radius 3 is 2.79 bits per heavy atom. The van der Waals surface area contributed by atoms with Crippen molar-refractivity contribution in [1.29, 1.82) is 0 Å². The van der Waals surface area contributed by atoms with Gasteiger partial charge in [-0.1, -0.05) is 48.8 Å². The molecule has 0 unspecified atom stereocenters. The van der Waals surface area contributed by atoms with Crippen molar-refractivity contribution in [2.45, 2.75) is 32.1 Å². The number of carbonyl (C=O) groups is 1. The standard InChI is InChI=1S/C19H20Cl2N4O2S/c1-12(2)10-25-18(15-6-5-13(20)8-16(15)21)23-24-19(25)28-11-17(26)22-9-14-4-3-7-27-14/h3-8,12H,9-11H2,1-2H3,(H,22,26). The third-order valence-corrected chi connectivity index (χ3v) is 5.32. The molecule has 6 nitrogen and oxygen atoms in total.